The lowest BCUT2D eigenvalue weighted by Crippen LogP contribution is -2.13. The summed E-state index contributed by atoms with van der Waals surface area (Å²) in [6, 6.07) is 21.1. The van der Waals surface area contributed by atoms with Gasteiger partial charge in [-0.2, -0.15) is 5.26 Å². The average molecular weight is 458 g/mol. The van der Waals surface area contributed by atoms with Crippen LogP contribution in [0.3, 0.4) is 0 Å². The molecule has 150 valence electrons. The van der Waals surface area contributed by atoms with Crippen LogP contribution in [-0.2, 0) is 11.4 Å². The van der Waals surface area contributed by atoms with Crippen molar-refractivity contribution in [2.45, 2.75) is 6.61 Å². The van der Waals surface area contributed by atoms with E-state index >= 15 is 0 Å². The number of hydrogen-bond donors (Lipinski definition) is 1. The molecule has 0 radical (unpaired) electrons. The van der Waals surface area contributed by atoms with Gasteiger partial charge in [0.2, 0.25) is 0 Å². The van der Waals surface area contributed by atoms with E-state index in [0.717, 1.165) is 5.56 Å². The standard InChI is InChI=1S/C23H15Cl3N2O2/c24-18-3-1-2-16(11-18)14-30-20-7-4-15(5-8-20)10-17(13-27)23(29)28-19-6-9-21(25)22(26)12-19/h1-12H,14H2,(H,28,29)/b17-10+. The lowest BCUT2D eigenvalue weighted by Gasteiger charge is -2.07. The minimum atomic E-state index is -0.544. The van der Waals surface area contributed by atoms with Crippen molar-refractivity contribution < 1.29 is 9.53 Å². The van der Waals surface area contributed by atoms with Crippen LogP contribution in [0.5, 0.6) is 5.75 Å². The maximum Gasteiger partial charge on any atom is 0.266 e. The van der Waals surface area contributed by atoms with Gasteiger partial charge in [-0.25, -0.2) is 0 Å². The number of amides is 1. The molecule has 0 aliphatic carbocycles. The highest BCUT2D eigenvalue weighted by Gasteiger charge is 2.10. The smallest absolute Gasteiger partial charge is 0.266 e. The number of nitrogens with zero attached hydrogens (tertiary/aromatic N) is 1. The van der Waals surface area contributed by atoms with Crippen LogP contribution in [0.4, 0.5) is 5.69 Å². The molecular formula is C23H15Cl3N2O2. The van der Waals surface area contributed by atoms with Crippen LogP contribution in [0.25, 0.3) is 6.08 Å². The number of hydrogen-bond acceptors (Lipinski definition) is 3. The van der Waals surface area contributed by atoms with Crippen molar-refractivity contribution in [1.29, 1.82) is 5.26 Å². The largest absolute Gasteiger partial charge is 0.489 e. The molecular weight excluding hydrogens is 443 g/mol. The van der Waals surface area contributed by atoms with E-state index in [0.29, 0.717) is 38.7 Å². The summed E-state index contributed by atoms with van der Waals surface area (Å²) >= 11 is 17.8. The summed E-state index contributed by atoms with van der Waals surface area (Å²) in [6.45, 7) is 0.380. The number of nitrogens with one attached hydrogen (secondary N) is 1. The lowest BCUT2D eigenvalue weighted by atomic mass is 10.1. The lowest BCUT2D eigenvalue weighted by molar-refractivity contribution is -0.112. The number of rotatable bonds is 6. The highest BCUT2D eigenvalue weighted by atomic mass is 35.5. The van der Waals surface area contributed by atoms with Crippen LogP contribution >= 0.6 is 34.8 Å². The van der Waals surface area contributed by atoms with E-state index in [1.54, 1.807) is 42.5 Å². The van der Waals surface area contributed by atoms with Crippen molar-refractivity contribution in [2.75, 3.05) is 5.32 Å². The Bertz CT molecular complexity index is 1140. The molecule has 30 heavy (non-hydrogen) atoms. The number of carbonyl (C=O) groups is 1. The Balaban J connectivity index is 1.65. The predicted octanol–water partition coefficient (Wildman–Crippen LogP) is 6.77. The van der Waals surface area contributed by atoms with Crippen LogP contribution < -0.4 is 10.1 Å². The maximum atomic E-state index is 12.4. The van der Waals surface area contributed by atoms with Crippen LogP contribution in [0.2, 0.25) is 15.1 Å². The van der Waals surface area contributed by atoms with E-state index < -0.39 is 5.91 Å². The van der Waals surface area contributed by atoms with Gasteiger partial charge in [0.1, 0.15) is 24.0 Å². The number of benzene rings is 3. The van der Waals surface area contributed by atoms with E-state index in [1.807, 2.05) is 24.3 Å². The van der Waals surface area contributed by atoms with Gasteiger partial charge in [0.05, 0.1) is 10.0 Å². The third kappa shape index (κ3) is 6.01. The van der Waals surface area contributed by atoms with Gasteiger partial charge < -0.3 is 10.1 Å². The Morgan fingerprint density at radius 2 is 1.77 bits per heavy atom. The fourth-order valence-electron chi connectivity index (χ4n) is 2.54. The summed E-state index contributed by atoms with van der Waals surface area (Å²) in [5.74, 6) is 0.114. The zero-order chi connectivity index (χ0) is 21.5. The van der Waals surface area contributed by atoms with Gasteiger partial charge in [-0.3, -0.25) is 4.79 Å². The summed E-state index contributed by atoms with van der Waals surface area (Å²) in [5, 5.41) is 13.3. The van der Waals surface area contributed by atoms with Crippen molar-refractivity contribution in [1.82, 2.24) is 0 Å². The highest BCUT2D eigenvalue weighted by molar-refractivity contribution is 6.42. The molecule has 0 saturated carbocycles. The van der Waals surface area contributed by atoms with E-state index in [-0.39, 0.29) is 5.57 Å². The second-order valence-corrected chi connectivity index (χ2v) is 7.49. The van der Waals surface area contributed by atoms with Gasteiger partial charge in [-0.05, 0) is 59.7 Å². The van der Waals surface area contributed by atoms with Gasteiger partial charge >= 0.3 is 0 Å². The zero-order valence-electron chi connectivity index (χ0n) is 15.5. The Morgan fingerprint density at radius 1 is 1.00 bits per heavy atom. The number of halogens is 3. The second kappa shape index (κ2) is 10.2. The van der Waals surface area contributed by atoms with Crippen LogP contribution in [-0.4, -0.2) is 5.91 Å². The molecule has 1 N–H and O–H groups in total. The highest BCUT2D eigenvalue weighted by Crippen LogP contribution is 2.25. The molecule has 0 aliphatic rings. The monoisotopic (exact) mass is 456 g/mol. The molecule has 0 fully saturated rings. The summed E-state index contributed by atoms with van der Waals surface area (Å²) in [5.41, 5.74) is 2.04. The molecule has 0 saturated heterocycles. The van der Waals surface area contributed by atoms with Crippen LogP contribution in [0.15, 0.2) is 72.3 Å². The van der Waals surface area contributed by atoms with Crippen molar-refractivity contribution in [3.05, 3.63) is 98.5 Å². The fraction of sp³-hybridized carbons (Fsp3) is 0.0435. The second-order valence-electron chi connectivity index (χ2n) is 6.24. The van der Waals surface area contributed by atoms with Gasteiger partial charge in [0.15, 0.2) is 0 Å². The first-order chi connectivity index (χ1) is 14.4. The zero-order valence-corrected chi connectivity index (χ0v) is 17.8. The Morgan fingerprint density at radius 3 is 2.43 bits per heavy atom. The van der Waals surface area contributed by atoms with E-state index in [1.165, 1.54) is 12.1 Å². The molecule has 3 aromatic carbocycles. The number of ether oxygens (including phenoxy) is 1. The maximum absolute atomic E-state index is 12.4. The minimum absolute atomic E-state index is 0.0475. The van der Waals surface area contributed by atoms with Crippen molar-refractivity contribution in [3.8, 4) is 11.8 Å². The molecule has 0 aliphatic heterocycles. The quantitative estimate of drug-likeness (QED) is 0.328. The van der Waals surface area contributed by atoms with Gasteiger partial charge in [0.25, 0.3) is 5.91 Å². The number of nitriles is 1. The first kappa shape index (κ1) is 21.7. The summed E-state index contributed by atoms with van der Waals surface area (Å²) in [4.78, 5) is 12.4. The molecule has 3 aromatic rings. The van der Waals surface area contributed by atoms with E-state index in [4.69, 9.17) is 39.5 Å². The first-order valence-corrected chi connectivity index (χ1v) is 9.93. The molecule has 7 heteroatoms. The molecule has 1 amide bonds. The molecule has 0 heterocycles. The van der Waals surface area contributed by atoms with Gasteiger partial charge in [0, 0.05) is 10.7 Å². The third-order valence-electron chi connectivity index (χ3n) is 4.03. The predicted molar refractivity (Wildman–Crippen MR) is 121 cm³/mol. The van der Waals surface area contributed by atoms with Gasteiger partial charge in [-0.15, -0.1) is 0 Å². The number of anilines is 1. The van der Waals surface area contributed by atoms with Crippen LogP contribution in [0.1, 0.15) is 11.1 Å². The van der Waals surface area contributed by atoms with Gasteiger partial charge in [-0.1, -0.05) is 59.1 Å². The fourth-order valence-corrected chi connectivity index (χ4v) is 3.05. The molecule has 0 aromatic heterocycles. The van der Waals surface area contributed by atoms with Crippen LogP contribution in [0, 0.1) is 11.3 Å². The van der Waals surface area contributed by atoms with Crippen molar-refractivity contribution >= 4 is 52.5 Å². The topological polar surface area (TPSA) is 62.1 Å². The normalized spacial score (nSPS) is 10.9. The summed E-state index contributed by atoms with van der Waals surface area (Å²) in [6.07, 6.45) is 1.49. The molecule has 0 atom stereocenters. The summed E-state index contributed by atoms with van der Waals surface area (Å²) in [7, 11) is 0. The molecule has 0 bridgehead atoms. The SMILES string of the molecule is N#C/C(=C\c1ccc(OCc2cccc(Cl)c2)cc1)C(=O)Nc1ccc(Cl)c(Cl)c1. The Hall–Kier alpha value is -2.97. The van der Waals surface area contributed by atoms with Crippen molar-refractivity contribution in [3.63, 3.8) is 0 Å². The summed E-state index contributed by atoms with van der Waals surface area (Å²) < 4.78 is 5.73. The van der Waals surface area contributed by atoms with E-state index in [2.05, 4.69) is 5.32 Å². The Labute approximate surface area is 189 Å². The molecule has 0 unspecified atom stereocenters. The third-order valence-corrected chi connectivity index (χ3v) is 5.00. The minimum Gasteiger partial charge on any atom is -0.489 e. The average Bonchev–Trinajstić information content (AvgIpc) is 2.74. The molecule has 0 spiro atoms. The Kier molecular flexibility index (Phi) is 7.37. The molecule has 4 nitrogen and oxygen atoms in total. The number of carbonyl (C=O) groups excluding carboxylic acids is 1. The first-order valence-electron chi connectivity index (χ1n) is 8.80. The van der Waals surface area contributed by atoms with E-state index in [9.17, 15) is 10.1 Å². The molecule has 3 rings (SSSR count). The van der Waals surface area contributed by atoms with Crippen molar-refractivity contribution in [2.24, 2.45) is 0 Å².